The van der Waals surface area contributed by atoms with Crippen LogP contribution in [0.1, 0.15) is 44.9 Å². The fourth-order valence-electron chi connectivity index (χ4n) is 3.35. The van der Waals surface area contributed by atoms with Gasteiger partial charge in [0.15, 0.2) is 0 Å². The van der Waals surface area contributed by atoms with Crippen molar-refractivity contribution in [3.8, 4) is 0 Å². The molecule has 0 aliphatic heterocycles. The van der Waals surface area contributed by atoms with Gasteiger partial charge in [-0.3, -0.25) is 0 Å². The Labute approximate surface area is 167 Å². The van der Waals surface area contributed by atoms with Gasteiger partial charge in [-0.1, -0.05) is 19.3 Å². The van der Waals surface area contributed by atoms with E-state index in [-0.39, 0.29) is 0 Å². The zero-order valence-electron chi connectivity index (χ0n) is 17.0. The van der Waals surface area contributed by atoms with Crippen LogP contribution < -0.4 is 21.3 Å². The summed E-state index contributed by atoms with van der Waals surface area (Å²) in [6.07, 6.45) is 8.67. The summed E-state index contributed by atoms with van der Waals surface area (Å²) in [6.45, 7) is 3.43. The quantitative estimate of drug-likeness (QED) is 0.430. The molecule has 1 heterocycles. The van der Waals surface area contributed by atoms with Crippen LogP contribution in [-0.2, 0) is 9.47 Å². The maximum Gasteiger partial charge on any atom is 0.231 e. The first-order valence-electron chi connectivity index (χ1n) is 10.6. The Morgan fingerprint density at radius 3 is 2.36 bits per heavy atom. The van der Waals surface area contributed by atoms with E-state index in [9.17, 15) is 0 Å². The Morgan fingerprint density at radius 2 is 1.64 bits per heavy atom. The first-order valence-corrected chi connectivity index (χ1v) is 10.6. The normalized spacial score (nSPS) is 17.5. The summed E-state index contributed by atoms with van der Waals surface area (Å²) in [4.78, 5) is 16.1. The third-order valence-corrected chi connectivity index (χ3v) is 5.14. The van der Waals surface area contributed by atoms with E-state index < -0.39 is 0 Å². The van der Waals surface area contributed by atoms with Crippen molar-refractivity contribution in [1.82, 2.24) is 15.0 Å². The number of ether oxygens (including phenoxy) is 2. The van der Waals surface area contributed by atoms with E-state index in [1.54, 1.807) is 0 Å². The SMILES string of the molecule is CN(c1nc(NCCOCCOCCN)nc(NC2CC2)n1)C1CCCCC1. The van der Waals surface area contributed by atoms with E-state index in [0.717, 1.165) is 5.95 Å². The number of hydrogen-bond acceptors (Lipinski definition) is 9. The fraction of sp³-hybridized carbons (Fsp3) is 0.842. The smallest absolute Gasteiger partial charge is 0.231 e. The van der Waals surface area contributed by atoms with Crippen molar-refractivity contribution in [2.24, 2.45) is 5.73 Å². The molecule has 0 radical (unpaired) electrons. The molecule has 28 heavy (non-hydrogen) atoms. The lowest BCUT2D eigenvalue weighted by atomic mass is 9.95. The second-order valence-electron chi connectivity index (χ2n) is 7.54. The second kappa shape index (κ2) is 11.3. The predicted octanol–water partition coefficient (Wildman–Crippen LogP) is 1.62. The molecule has 0 aromatic carbocycles. The van der Waals surface area contributed by atoms with Crippen molar-refractivity contribution in [2.75, 3.05) is 62.1 Å². The molecule has 3 rings (SSSR count). The Hall–Kier alpha value is -1.71. The molecule has 1 aromatic heterocycles. The number of hydrogen-bond donors (Lipinski definition) is 3. The third-order valence-electron chi connectivity index (χ3n) is 5.14. The van der Waals surface area contributed by atoms with Crippen LogP contribution in [0.25, 0.3) is 0 Å². The van der Waals surface area contributed by atoms with Crippen LogP contribution >= 0.6 is 0 Å². The van der Waals surface area contributed by atoms with Crippen LogP contribution in [0.15, 0.2) is 0 Å². The topological polar surface area (TPSA) is 110 Å². The molecular formula is C19H35N7O2. The summed E-state index contributed by atoms with van der Waals surface area (Å²) in [5, 5.41) is 6.66. The number of anilines is 3. The lowest BCUT2D eigenvalue weighted by molar-refractivity contribution is 0.0547. The molecular weight excluding hydrogens is 358 g/mol. The van der Waals surface area contributed by atoms with Gasteiger partial charge in [-0.2, -0.15) is 15.0 Å². The Balaban J connectivity index is 1.52. The summed E-state index contributed by atoms with van der Waals surface area (Å²) in [5.41, 5.74) is 5.38. The Kier molecular flexibility index (Phi) is 8.50. The summed E-state index contributed by atoms with van der Waals surface area (Å²) >= 11 is 0. The van der Waals surface area contributed by atoms with E-state index in [1.807, 2.05) is 0 Å². The monoisotopic (exact) mass is 393 g/mol. The minimum atomic E-state index is 0.500. The van der Waals surface area contributed by atoms with Crippen LogP contribution in [0, 0.1) is 0 Å². The zero-order valence-corrected chi connectivity index (χ0v) is 17.0. The van der Waals surface area contributed by atoms with Gasteiger partial charge in [-0.15, -0.1) is 0 Å². The van der Waals surface area contributed by atoms with Crippen molar-refractivity contribution in [3.05, 3.63) is 0 Å². The van der Waals surface area contributed by atoms with Crippen LogP contribution in [-0.4, -0.2) is 73.6 Å². The second-order valence-corrected chi connectivity index (χ2v) is 7.54. The van der Waals surface area contributed by atoms with Crippen molar-refractivity contribution in [1.29, 1.82) is 0 Å². The van der Waals surface area contributed by atoms with Gasteiger partial charge in [0.2, 0.25) is 17.8 Å². The first-order chi connectivity index (χ1) is 13.8. The van der Waals surface area contributed by atoms with Gasteiger partial charge < -0.3 is 30.7 Å². The van der Waals surface area contributed by atoms with Gasteiger partial charge in [0.05, 0.1) is 26.4 Å². The third kappa shape index (κ3) is 7.03. The number of nitrogens with two attached hydrogens (primary N) is 1. The molecule has 9 nitrogen and oxygen atoms in total. The fourth-order valence-corrected chi connectivity index (χ4v) is 3.35. The molecule has 0 atom stereocenters. The molecule has 2 aliphatic carbocycles. The number of rotatable bonds is 13. The first kappa shape index (κ1) is 21.0. The number of nitrogens with one attached hydrogen (secondary N) is 2. The summed E-state index contributed by atoms with van der Waals surface area (Å²) in [5.74, 6) is 2.00. The molecule has 2 saturated carbocycles. The van der Waals surface area contributed by atoms with Crippen LogP contribution in [0.4, 0.5) is 17.8 Å². The van der Waals surface area contributed by atoms with Crippen molar-refractivity contribution in [2.45, 2.75) is 57.0 Å². The molecule has 0 spiro atoms. The lowest BCUT2D eigenvalue weighted by Crippen LogP contribution is -2.35. The summed E-state index contributed by atoms with van der Waals surface area (Å²) in [6, 6.07) is 1.01. The highest BCUT2D eigenvalue weighted by Crippen LogP contribution is 2.27. The molecule has 1 aromatic rings. The summed E-state index contributed by atoms with van der Waals surface area (Å²) in [7, 11) is 2.10. The average Bonchev–Trinajstić information content (AvgIpc) is 3.54. The van der Waals surface area contributed by atoms with Crippen molar-refractivity contribution < 1.29 is 9.47 Å². The highest BCUT2D eigenvalue weighted by atomic mass is 16.5. The van der Waals surface area contributed by atoms with E-state index in [0.29, 0.717) is 63.5 Å². The molecule has 2 aliphatic rings. The number of aromatic nitrogens is 3. The van der Waals surface area contributed by atoms with Gasteiger partial charge in [-0.05, 0) is 25.7 Å². The molecule has 2 fully saturated rings. The van der Waals surface area contributed by atoms with Crippen LogP contribution in [0.2, 0.25) is 0 Å². The van der Waals surface area contributed by atoms with Crippen molar-refractivity contribution in [3.63, 3.8) is 0 Å². The summed E-state index contributed by atoms with van der Waals surface area (Å²) < 4.78 is 10.8. The van der Waals surface area contributed by atoms with Crippen LogP contribution in [0.3, 0.4) is 0 Å². The van der Waals surface area contributed by atoms with Gasteiger partial charge in [0.25, 0.3) is 0 Å². The molecule has 0 saturated heterocycles. The molecule has 0 amide bonds. The zero-order chi connectivity index (χ0) is 19.6. The van der Waals surface area contributed by atoms with Crippen LogP contribution in [0.5, 0.6) is 0 Å². The molecule has 9 heteroatoms. The minimum absolute atomic E-state index is 0.500. The molecule has 4 N–H and O–H groups in total. The van der Waals surface area contributed by atoms with Gasteiger partial charge in [0, 0.05) is 32.2 Å². The Bertz CT molecular complexity index is 579. The lowest BCUT2D eigenvalue weighted by Gasteiger charge is -2.31. The van der Waals surface area contributed by atoms with Gasteiger partial charge in [0.1, 0.15) is 0 Å². The molecule has 0 unspecified atom stereocenters. The highest BCUT2D eigenvalue weighted by molar-refractivity contribution is 5.45. The van der Waals surface area contributed by atoms with E-state index in [2.05, 4.69) is 37.5 Å². The van der Waals surface area contributed by atoms with Crippen molar-refractivity contribution >= 4 is 17.8 Å². The standard InChI is InChI=1S/C19H35N7O2/c1-26(16-5-3-2-4-6-16)19-24-17(23-18(25-19)22-15-7-8-15)21-10-12-28-14-13-27-11-9-20/h15-16H,2-14,20H2,1H3,(H2,21,22,23,24,25). The van der Waals surface area contributed by atoms with Gasteiger partial charge in [-0.25, -0.2) is 0 Å². The molecule has 158 valence electrons. The highest BCUT2D eigenvalue weighted by Gasteiger charge is 2.25. The minimum Gasteiger partial charge on any atom is -0.378 e. The average molecular weight is 394 g/mol. The van der Waals surface area contributed by atoms with E-state index >= 15 is 0 Å². The predicted molar refractivity (Wildman–Crippen MR) is 111 cm³/mol. The Morgan fingerprint density at radius 1 is 0.929 bits per heavy atom. The van der Waals surface area contributed by atoms with Gasteiger partial charge >= 0.3 is 0 Å². The molecule has 0 bridgehead atoms. The maximum absolute atomic E-state index is 5.55. The maximum atomic E-state index is 5.55. The van der Waals surface area contributed by atoms with E-state index in [4.69, 9.17) is 15.2 Å². The number of nitrogens with zero attached hydrogens (tertiary/aromatic N) is 4. The van der Waals surface area contributed by atoms with E-state index in [1.165, 1.54) is 44.9 Å². The largest absolute Gasteiger partial charge is 0.378 e.